The molecular formula is C19H18N4O2. The van der Waals surface area contributed by atoms with Crippen molar-refractivity contribution in [3.05, 3.63) is 71.7 Å². The number of carbonyl (C=O) groups is 1. The summed E-state index contributed by atoms with van der Waals surface area (Å²) in [5, 5.41) is 14.0. The summed E-state index contributed by atoms with van der Waals surface area (Å²) >= 11 is 0. The van der Waals surface area contributed by atoms with Crippen LogP contribution in [0, 0.1) is 0 Å². The second kappa shape index (κ2) is 6.39. The van der Waals surface area contributed by atoms with Gasteiger partial charge in [0.2, 0.25) is 0 Å². The molecule has 3 aromatic rings. The van der Waals surface area contributed by atoms with Gasteiger partial charge in [-0.05, 0) is 30.5 Å². The van der Waals surface area contributed by atoms with Gasteiger partial charge in [0.25, 0.3) is 0 Å². The molecule has 0 fully saturated rings. The van der Waals surface area contributed by atoms with Gasteiger partial charge in [-0.3, -0.25) is 0 Å². The van der Waals surface area contributed by atoms with Crippen molar-refractivity contribution in [1.82, 2.24) is 14.8 Å². The minimum atomic E-state index is -1.00. The van der Waals surface area contributed by atoms with E-state index >= 15 is 0 Å². The van der Waals surface area contributed by atoms with Crippen molar-refractivity contribution in [3.63, 3.8) is 0 Å². The summed E-state index contributed by atoms with van der Waals surface area (Å²) in [6.45, 7) is 1.77. The Balaban J connectivity index is 1.70. The van der Waals surface area contributed by atoms with E-state index in [1.807, 2.05) is 24.4 Å². The Morgan fingerprint density at radius 3 is 2.80 bits per heavy atom. The third-order valence-electron chi connectivity index (χ3n) is 4.40. The van der Waals surface area contributed by atoms with Crippen LogP contribution in [-0.2, 0) is 13.0 Å². The largest absolute Gasteiger partial charge is 0.478 e. The fraction of sp³-hybridized carbons (Fsp3) is 0.211. The molecule has 3 heterocycles. The van der Waals surface area contributed by atoms with Crippen LogP contribution in [0.15, 0.2) is 54.9 Å². The molecule has 1 aliphatic rings. The fourth-order valence-corrected chi connectivity index (χ4v) is 3.22. The van der Waals surface area contributed by atoms with Gasteiger partial charge in [0.15, 0.2) is 5.82 Å². The second-order valence-corrected chi connectivity index (χ2v) is 6.10. The van der Waals surface area contributed by atoms with Gasteiger partial charge < -0.3 is 10.0 Å². The van der Waals surface area contributed by atoms with Crippen LogP contribution in [-0.4, -0.2) is 32.4 Å². The normalized spacial score (nSPS) is 13.5. The summed E-state index contributed by atoms with van der Waals surface area (Å²) in [5.41, 5.74) is 3.44. The van der Waals surface area contributed by atoms with Gasteiger partial charge in [0.1, 0.15) is 5.56 Å². The van der Waals surface area contributed by atoms with Crippen molar-refractivity contribution >= 4 is 11.7 Å². The maximum Gasteiger partial charge on any atom is 0.339 e. The minimum Gasteiger partial charge on any atom is -0.478 e. The van der Waals surface area contributed by atoms with Crippen LogP contribution in [0.1, 0.15) is 28.0 Å². The predicted molar refractivity (Wildman–Crippen MR) is 94.1 cm³/mol. The lowest BCUT2D eigenvalue weighted by molar-refractivity contribution is 0.0696. The molecule has 0 atom stereocenters. The number of carboxylic acids is 1. The zero-order chi connectivity index (χ0) is 17.2. The third kappa shape index (κ3) is 2.98. The molecule has 0 saturated heterocycles. The van der Waals surface area contributed by atoms with E-state index < -0.39 is 5.97 Å². The molecule has 2 aromatic heterocycles. The molecule has 25 heavy (non-hydrogen) atoms. The minimum absolute atomic E-state index is 0.150. The topological polar surface area (TPSA) is 71.2 Å². The van der Waals surface area contributed by atoms with Gasteiger partial charge in [-0.15, -0.1) is 0 Å². The molecule has 126 valence electrons. The van der Waals surface area contributed by atoms with Crippen LogP contribution in [0.5, 0.6) is 0 Å². The average molecular weight is 334 g/mol. The Morgan fingerprint density at radius 1 is 1.16 bits per heavy atom. The maximum absolute atomic E-state index is 11.5. The first-order valence-corrected chi connectivity index (χ1v) is 8.28. The van der Waals surface area contributed by atoms with Crippen LogP contribution in [0.25, 0.3) is 5.82 Å². The molecule has 0 saturated carbocycles. The monoisotopic (exact) mass is 334 g/mol. The summed E-state index contributed by atoms with van der Waals surface area (Å²) in [5.74, 6) is -0.651. The number of hydrogen-bond donors (Lipinski definition) is 1. The third-order valence-corrected chi connectivity index (χ3v) is 4.40. The lowest BCUT2D eigenvalue weighted by Crippen LogP contribution is -2.28. The fourth-order valence-electron chi connectivity index (χ4n) is 3.22. The first kappa shape index (κ1) is 15.4. The van der Waals surface area contributed by atoms with E-state index in [1.165, 1.54) is 5.56 Å². The number of aromatic carboxylic acids is 1. The summed E-state index contributed by atoms with van der Waals surface area (Å²) in [7, 11) is 0. The van der Waals surface area contributed by atoms with Crippen molar-refractivity contribution in [2.75, 3.05) is 11.4 Å². The van der Waals surface area contributed by atoms with Gasteiger partial charge in [-0.2, -0.15) is 5.10 Å². The Bertz CT molecular complexity index is 905. The van der Waals surface area contributed by atoms with E-state index in [9.17, 15) is 9.90 Å². The summed E-state index contributed by atoms with van der Waals surface area (Å²) in [4.78, 5) is 18.0. The van der Waals surface area contributed by atoms with Crippen molar-refractivity contribution in [2.24, 2.45) is 0 Å². The second-order valence-electron chi connectivity index (χ2n) is 6.10. The zero-order valence-electron chi connectivity index (χ0n) is 13.7. The van der Waals surface area contributed by atoms with Crippen LogP contribution in [0.2, 0.25) is 0 Å². The molecular weight excluding hydrogens is 316 g/mol. The van der Waals surface area contributed by atoms with E-state index in [0.717, 1.165) is 37.3 Å². The van der Waals surface area contributed by atoms with E-state index in [2.05, 4.69) is 27.1 Å². The Hall–Kier alpha value is -3.15. The molecule has 0 unspecified atom stereocenters. The summed E-state index contributed by atoms with van der Waals surface area (Å²) < 4.78 is 1.59. The van der Waals surface area contributed by atoms with E-state index in [0.29, 0.717) is 5.82 Å². The van der Waals surface area contributed by atoms with Gasteiger partial charge in [-0.1, -0.05) is 30.3 Å². The van der Waals surface area contributed by atoms with Crippen LogP contribution in [0.4, 0.5) is 5.69 Å². The lowest BCUT2D eigenvalue weighted by Gasteiger charge is -2.28. The van der Waals surface area contributed by atoms with E-state index in [-0.39, 0.29) is 5.56 Å². The number of pyridine rings is 1. The van der Waals surface area contributed by atoms with Gasteiger partial charge in [-0.25, -0.2) is 14.5 Å². The number of rotatable bonds is 4. The van der Waals surface area contributed by atoms with Crippen LogP contribution < -0.4 is 4.90 Å². The molecule has 1 N–H and O–H groups in total. The number of hydrogen-bond acceptors (Lipinski definition) is 4. The molecule has 6 nitrogen and oxygen atoms in total. The molecule has 4 rings (SSSR count). The highest BCUT2D eigenvalue weighted by Gasteiger charge is 2.23. The maximum atomic E-state index is 11.5. The highest BCUT2D eigenvalue weighted by molar-refractivity contribution is 5.91. The number of anilines is 1. The first-order chi connectivity index (χ1) is 12.2. The molecule has 0 spiro atoms. The Labute approximate surface area is 145 Å². The highest BCUT2D eigenvalue weighted by atomic mass is 16.4. The SMILES string of the molecule is O=C(O)c1cccnc1-n1cc2c(n1)CCCN2Cc1ccccc1. The summed E-state index contributed by atoms with van der Waals surface area (Å²) in [6, 6.07) is 13.5. The lowest BCUT2D eigenvalue weighted by atomic mass is 10.1. The summed E-state index contributed by atoms with van der Waals surface area (Å²) in [6.07, 6.45) is 5.41. The molecule has 0 aliphatic carbocycles. The van der Waals surface area contributed by atoms with Crippen molar-refractivity contribution in [3.8, 4) is 5.82 Å². The zero-order valence-corrected chi connectivity index (χ0v) is 13.7. The van der Waals surface area contributed by atoms with Crippen molar-refractivity contribution in [1.29, 1.82) is 0 Å². The molecule has 0 radical (unpaired) electrons. The standard InChI is InChI=1S/C19H18N4O2/c24-19(25)15-8-4-10-20-18(15)23-13-17-16(21-23)9-5-11-22(17)12-14-6-2-1-3-7-14/h1-4,6-8,10,13H,5,9,11-12H2,(H,24,25). The van der Waals surface area contributed by atoms with Gasteiger partial charge in [0, 0.05) is 19.3 Å². The molecule has 6 heteroatoms. The number of aromatic nitrogens is 3. The van der Waals surface area contributed by atoms with Gasteiger partial charge in [0.05, 0.1) is 17.6 Å². The molecule has 0 amide bonds. The highest BCUT2D eigenvalue weighted by Crippen LogP contribution is 2.29. The number of fused-ring (bicyclic) bond motifs is 1. The number of nitrogens with zero attached hydrogens (tertiary/aromatic N) is 4. The smallest absolute Gasteiger partial charge is 0.339 e. The number of carboxylic acid groups (broad SMARTS) is 1. The molecule has 1 aliphatic heterocycles. The predicted octanol–water partition coefficient (Wildman–Crippen LogP) is 2.92. The average Bonchev–Trinajstić information content (AvgIpc) is 3.08. The van der Waals surface area contributed by atoms with Crippen molar-refractivity contribution in [2.45, 2.75) is 19.4 Å². The molecule has 0 bridgehead atoms. The van der Waals surface area contributed by atoms with E-state index in [1.54, 1.807) is 23.0 Å². The first-order valence-electron chi connectivity index (χ1n) is 8.28. The number of aryl methyl sites for hydroxylation is 1. The van der Waals surface area contributed by atoms with Crippen molar-refractivity contribution < 1.29 is 9.90 Å². The molecule has 1 aromatic carbocycles. The quantitative estimate of drug-likeness (QED) is 0.794. The number of benzene rings is 1. The van der Waals surface area contributed by atoms with Crippen LogP contribution in [0.3, 0.4) is 0 Å². The van der Waals surface area contributed by atoms with Crippen LogP contribution >= 0.6 is 0 Å². The van der Waals surface area contributed by atoms with Gasteiger partial charge >= 0.3 is 5.97 Å². The van der Waals surface area contributed by atoms with E-state index in [4.69, 9.17) is 0 Å². The Kier molecular flexibility index (Phi) is 3.93. The Morgan fingerprint density at radius 2 is 2.00 bits per heavy atom.